The zero-order valence-corrected chi connectivity index (χ0v) is 9.89. The van der Waals surface area contributed by atoms with E-state index in [-0.39, 0.29) is 0 Å². The molecular weight excluding hydrogens is 216 g/mol. The van der Waals surface area contributed by atoms with Crippen molar-refractivity contribution < 1.29 is 4.74 Å². The molecule has 1 atom stereocenters. The van der Waals surface area contributed by atoms with Crippen LogP contribution in [-0.4, -0.2) is 28.3 Å². The number of aromatic nitrogens is 3. The molecule has 0 radical (unpaired) electrons. The SMILES string of the molecule is COc1ccc2nc(C3CCCCN3)nn2c1. The summed E-state index contributed by atoms with van der Waals surface area (Å²) in [4.78, 5) is 4.55. The minimum absolute atomic E-state index is 0.301. The van der Waals surface area contributed by atoms with Gasteiger partial charge in [0.25, 0.3) is 0 Å². The van der Waals surface area contributed by atoms with E-state index in [1.807, 2.05) is 18.3 Å². The second-order valence-corrected chi connectivity index (χ2v) is 4.34. The van der Waals surface area contributed by atoms with Crippen LogP contribution in [0, 0.1) is 0 Å². The molecule has 0 amide bonds. The maximum absolute atomic E-state index is 5.17. The molecule has 90 valence electrons. The summed E-state index contributed by atoms with van der Waals surface area (Å²) in [5, 5.41) is 7.96. The third-order valence-corrected chi connectivity index (χ3v) is 3.18. The van der Waals surface area contributed by atoms with Gasteiger partial charge >= 0.3 is 0 Å². The Morgan fingerprint density at radius 3 is 3.12 bits per heavy atom. The van der Waals surface area contributed by atoms with Crippen LogP contribution in [-0.2, 0) is 0 Å². The van der Waals surface area contributed by atoms with Gasteiger partial charge in [-0.3, -0.25) is 0 Å². The van der Waals surface area contributed by atoms with Crippen molar-refractivity contribution >= 4 is 5.65 Å². The first-order valence-electron chi connectivity index (χ1n) is 6.00. The first-order valence-corrected chi connectivity index (χ1v) is 6.00. The van der Waals surface area contributed by atoms with Crippen molar-refractivity contribution in [2.24, 2.45) is 0 Å². The van der Waals surface area contributed by atoms with Gasteiger partial charge in [-0.1, -0.05) is 6.42 Å². The van der Waals surface area contributed by atoms with Crippen molar-refractivity contribution in [1.82, 2.24) is 19.9 Å². The molecule has 1 N–H and O–H groups in total. The summed E-state index contributed by atoms with van der Waals surface area (Å²) >= 11 is 0. The fourth-order valence-electron chi connectivity index (χ4n) is 2.22. The Bertz CT molecular complexity index is 516. The van der Waals surface area contributed by atoms with E-state index in [1.165, 1.54) is 12.8 Å². The van der Waals surface area contributed by atoms with Crippen LogP contribution < -0.4 is 10.1 Å². The van der Waals surface area contributed by atoms with E-state index >= 15 is 0 Å². The van der Waals surface area contributed by atoms with Crippen LogP contribution in [0.25, 0.3) is 5.65 Å². The van der Waals surface area contributed by atoms with Crippen LogP contribution >= 0.6 is 0 Å². The molecule has 3 rings (SSSR count). The van der Waals surface area contributed by atoms with Crippen molar-refractivity contribution in [3.8, 4) is 5.75 Å². The maximum Gasteiger partial charge on any atom is 0.168 e. The smallest absolute Gasteiger partial charge is 0.168 e. The lowest BCUT2D eigenvalue weighted by atomic mass is 10.0. The van der Waals surface area contributed by atoms with Crippen LogP contribution in [0.4, 0.5) is 0 Å². The molecule has 1 aliphatic rings. The van der Waals surface area contributed by atoms with Gasteiger partial charge in [-0.2, -0.15) is 0 Å². The first-order chi connectivity index (χ1) is 8.36. The summed E-state index contributed by atoms with van der Waals surface area (Å²) in [5.41, 5.74) is 0.869. The fraction of sp³-hybridized carbons (Fsp3) is 0.500. The number of nitrogens with zero attached hydrogens (tertiary/aromatic N) is 3. The third kappa shape index (κ3) is 1.98. The quantitative estimate of drug-likeness (QED) is 0.853. The number of rotatable bonds is 2. The second kappa shape index (κ2) is 4.33. The number of methoxy groups -OCH3 is 1. The van der Waals surface area contributed by atoms with Gasteiger partial charge in [0.15, 0.2) is 11.5 Å². The first kappa shape index (κ1) is 10.5. The van der Waals surface area contributed by atoms with E-state index < -0.39 is 0 Å². The second-order valence-electron chi connectivity index (χ2n) is 4.34. The Morgan fingerprint density at radius 2 is 2.35 bits per heavy atom. The zero-order chi connectivity index (χ0) is 11.7. The minimum atomic E-state index is 0.301. The lowest BCUT2D eigenvalue weighted by molar-refractivity contribution is 0.396. The lowest BCUT2D eigenvalue weighted by Gasteiger charge is -2.20. The Hall–Kier alpha value is -1.62. The molecule has 5 nitrogen and oxygen atoms in total. The summed E-state index contributed by atoms with van der Waals surface area (Å²) in [5.74, 6) is 1.68. The summed E-state index contributed by atoms with van der Waals surface area (Å²) in [7, 11) is 1.65. The van der Waals surface area contributed by atoms with Gasteiger partial charge in [-0.25, -0.2) is 9.50 Å². The minimum Gasteiger partial charge on any atom is -0.495 e. The molecule has 1 aliphatic heterocycles. The standard InChI is InChI=1S/C12H16N4O/c1-17-9-5-6-11-14-12(15-16(11)8-9)10-4-2-3-7-13-10/h5-6,8,10,13H,2-4,7H2,1H3. The van der Waals surface area contributed by atoms with E-state index in [0.717, 1.165) is 30.2 Å². The van der Waals surface area contributed by atoms with Gasteiger partial charge in [0.2, 0.25) is 0 Å². The molecule has 17 heavy (non-hydrogen) atoms. The molecule has 0 saturated carbocycles. The van der Waals surface area contributed by atoms with Gasteiger partial charge < -0.3 is 10.1 Å². The molecule has 0 bridgehead atoms. The normalized spacial score (nSPS) is 20.6. The highest BCUT2D eigenvalue weighted by Gasteiger charge is 2.19. The average Bonchev–Trinajstić information content (AvgIpc) is 2.82. The van der Waals surface area contributed by atoms with Crippen molar-refractivity contribution in [1.29, 1.82) is 0 Å². The monoisotopic (exact) mass is 232 g/mol. The van der Waals surface area contributed by atoms with Crippen LogP contribution in [0.5, 0.6) is 5.75 Å². The number of pyridine rings is 1. The Kier molecular flexibility index (Phi) is 2.68. The largest absolute Gasteiger partial charge is 0.495 e. The van der Waals surface area contributed by atoms with Gasteiger partial charge in [-0.15, -0.1) is 5.10 Å². The van der Waals surface area contributed by atoms with E-state index in [4.69, 9.17) is 4.74 Å². The molecule has 3 heterocycles. The Balaban J connectivity index is 1.95. The van der Waals surface area contributed by atoms with Crippen LogP contribution in [0.1, 0.15) is 31.1 Å². The molecule has 5 heteroatoms. The summed E-state index contributed by atoms with van der Waals surface area (Å²) < 4.78 is 6.95. The average molecular weight is 232 g/mol. The molecule has 2 aromatic heterocycles. The van der Waals surface area contributed by atoms with Gasteiger partial charge in [0.1, 0.15) is 5.75 Å². The zero-order valence-electron chi connectivity index (χ0n) is 9.89. The molecule has 2 aromatic rings. The van der Waals surface area contributed by atoms with E-state index in [0.29, 0.717) is 6.04 Å². The van der Waals surface area contributed by atoms with E-state index in [2.05, 4.69) is 15.4 Å². The molecule has 1 saturated heterocycles. The number of ether oxygens (including phenoxy) is 1. The van der Waals surface area contributed by atoms with Crippen molar-refractivity contribution in [3.05, 3.63) is 24.2 Å². The third-order valence-electron chi connectivity index (χ3n) is 3.18. The molecule has 0 aliphatic carbocycles. The van der Waals surface area contributed by atoms with E-state index in [1.54, 1.807) is 11.6 Å². The molecule has 0 aromatic carbocycles. The lowest BCUT2D eigenvalue weighted by Crippen LogP contribution is -2.27. The van der Waals surface area contributed by atoms with Crippen LogP contribution in [0.3, 0.4) is 0 Å². The highest BCUT2D eigenvalue weighted by molar-refractivity contribution is 5.40. The number of hydrogen-bond acceptors (Lipinski definition) is 4. The fourth-order valence-corrected chi connectivity index (χ4v) is 2.22. The number of nitrogens with one attached hydrogen (secondary N) is 1. The van der Waals surface area contributed by atoms with Crippen LogP contribution in [0.2, 0.25) is 0 Å². The van der Waals surface area contributed by atoms with Gasteiger partial charge in [0, 0.05) is 0 Å². The Morgan fingerprint density at radius 1 is 1.41 bits per heavy atom. The molecular formula is C12H16N4O. The number of hydrogen-bond donors (Lipinski definition) is 1. The highest BCUT2D eigenvalue weighted by atomic mass is 16.5. The summed E-state index contributed by atoms with van der Waals surface area (Å²) in [6, 6.07) is 4.13. The predicted molar refractivity (Wildman–Crippen MR) is 64.1 cm³/mol. The molecule has 0 spiro atoms. The van der Waals surface area contributed by atoms with Crippen molar-refractivity contribution in [2.75, 3.05) is 13.7 Å². The topological polar surface area (TPSA) is 51.5 Å². The predicted octanol–water partition coefficient (Wildman–Crippen LogP) is 1.55. The maximum atomic E-state index is 5.17. The van der Waals surface area contributed by atoms with Crippen molar-refractivity contribution in [2.45, 2.75) is 25.3 Å². The Labute approximate surface area is 99.8 Å². The van der Waals surface area contributed by atoms with E-state index in [9.17, 15) is 0 Å². The molecule has 1 fully saturated rings. The number of piperidine rings is 1. The van der Waals surface area contributed by atoms with Gasteiger partial charge in [-0.05, 0) is 31.5 Å². The van der Waals surface area contributed by atoms with Crippen LogP contribution in [0.15, 0.2) is 18.3 Å². The van der Waals surface area contributed by atoms with Gasteiger partial charge in [0.05, 0.1) is 19.3 Å². The van der Waals surface area contributed by atoms with Crippen molar-refractivity contribution in [3.63, 3.8) is 0 Å². The summed E-state index contributed by atoms with van der Waals surface area (Å²) in [6.45, 7) is 1.06. The molecule has 1 unspecified atom stereocenters. The number of fused-ring (bicyclic) bond motifs is 1. The highest BCUT2D eigenvalue weighted by Crippen LogP contribution is 2.21. The summed E-state index contributed by atoms with van der Waals surface area (Å²) in [6.07, 6.45) is 5.47.